The van der Waals surface area contributed by atoms with Gasteiger partial charge in [-0.25, -0.2) is 9.97 Å². The van der Waals surface area contributed by atoms with Gasteiger partial charge in [-0.1, -0.05) is 13.0 Å². The summed E-state index contributed by atoms with van der Waals surface area (Å²) in [4.78, 5) is 29.1. The maximum Gasteiger partial charge on any atom is 0.237 e. The Kier molecular flexibility index (Phi) is 8.98. The molecule has 3 heterocycles. The van der Waals surface area contributed by atoms with E-state index in [0.29, 0.717) is 25.5 Å². The molecular formula is C28H38N6O3. The topological polar surface area (TPSA) is 94.4 Å². The molecule has 37 heavy (non-hydrogen) atoms. The minimum Gasteiger partial charge on any atom is -0.493 e. The number of aromatic nitrogens is 4. The Hall–Kier alpha value is -3.62. The van der Waals surface area contributed by atoms with E-state index in [1.807, 2.05) is 42.8 Å². The second-order valence-electron chi connectivity index (χ2n) is 9.30. The number of nitrogens with zero attached hydrogens (tertiary/aromatic N) is 5. The van der Waals surface area contributed by atoms with Gasteiger partial charge in [-0.2, -0.15) is 4.98 Å². The number of carbonyl (C=O) groups is 1. The van der Waals surface area contributed by atoms with E-state index >= 15 is 0 Å². The minimum atomic E-state index is 0.0640. The second kappa shape index (κ2) is 12.6. The number of ether oxygens (including phenoxy) is 2. The molecule has 1 aliphatic rings. The quantitative estimate of drug-likeness (QED) is 0.419. The number of methoxy groups -OCH3 is 1. The van der Waals surface area contributed by atoms with Gasteiger partial charge < -0.3 is 19.7 Å². The van der Waals surface area contributed by atoms with E-state index in [-0.39, 0.29) is 11.9 Å². The summed E-state index contributed by atoms with van der Waals surface area (Å²) >= 11 is 0. The number of benzene rings is 1. The van der Waals surface area contributed by atoms with Crippen LogP contribution in [0.5, 0.6) is 11.5 Å². The van der Waals surface area contributed by atoms with Crippen molar-refractivity contribution in [3.05, 3.63) is 53.7 Å². The van der Waals surface area contributed by atoms with Crippen LogP contribution < -0.4 is 19.7 Å². The molecule has 1 saturated heterocycles. The molecule has 198 valence electrons. The van der Waals surface area contributed by atoms with E-state index in [1.165, 1.54) is 0 Å². The highest BCUT2D eigenvalue weighted by Gasteiger charge is 2.28. The highest BCUT2D eigenvalue weighted by atomic mass is 16.5. The summed E-state index contributed by atoms with van der Waals surface area (Å²) in [6.45, 7) is 8.15. The fraction of sp³-hybridized carbons (Fsp3) is 0.500. The van der Waals surface area contributed by atoms with Crippen LogP contribution in [-0.2, 0) is 17.6 Å². The molecule has 4 rings (SSSR count). The highest BCUT2D eigenvalue weighted by Crippen LogP contribution is 2.31. The number of aryl methyl sites for hydroxylation is 1. The number of amides is 1. The van der Waals surface area contributed by atoms with Crippen molar-refractivity contribution < 1.29 is 14.3 Å². The summed E-state index contributed by atoms with van der Waals surface area (Å²) in [6.07, 6.45) is 10.5. The third-order valence-electron chi connectivity index (χ3n) is 6.85. The number of imidazole rings is 1. The van der Waals surface area contributed by atoms with E-state index in [1.54, 1.807) is 19.6 Å². The van der Waals surface area contributed by atoms with Gasteiger partial charge in [-0.3, -0.25) is 9.36 Å². The van der Waals surface area contributed by atoms with Crippen molar-refractivity contribution in [1.82, 2.24) is 24.8 Å². The van der Waals surface area contributed by atoms with Crippen LogP contribution in [0.1, 0.15) is 56.4 Å². The van der Waals surface area contributed by atoms with Crippen LogP contribution in [-0.4, -0.2) is 58.3 Å². The number of piperidine rings is 1. The van der Waals surface area contributed by atoms with Crippen molar-refractivity contribution in [1.29, 1.82) is 0 Å². The molecule has 0 spiro atoms. The molecule has 1 aromatic carbocycles. The minimum absolute atomic E-state index is 0.0640. The lowest BCUT2D eigenvalue weighted by Gasteiger charge is -2.37. The van der Waals surface area contributed by atoms with Gasteiger partial charge in [0.15, 0.2) is 11.5 Å². The molecule has 9 nitrogen and oxygen atoms in total. The third-order valence-corrected chi connectivity index (χ3v) is 6.85. The van der Waals surface area contributed by atoms with Crippen LogP contribution in [0.2, 0.25) is 0 Å². The Labute approximate surface area is 219 Å². The second-order valence-corrected chi connectivity index (χ2v) is 9.30. The van der Waals surface area contributed by atoms with Crippen LogP contribution in [0.25, 0.3) is 5.95 Å². The first-order chi connectivity index (χ1) is 18.0. The molecule has 1 atom stereocenters. The number of rotatable bonds is 11. The molecule has 0 aliphatic carbocycles. The van der Waals surface area contributed by atoms with E-state index in [0.717, 1.165) is 72.8 Å². The fourth-order valence-corrected chi connectivity index (χ4v) is 4.98. The number of hydrogen-bond acceptors (Lipinski definition) is 7. The Morgan fingerprint density at radius 2 is 2.05 bits per heavy atom. The van der Waals surface area contributed by atoms with Crippen LogP contribution in [0.3, 0.4) is 0 Å². The normalized spacial score (nSPS) is 15.5. The third kappa shape index (κ3) is 6.39. The lowest BCUT2D eigenvalue weighted by atomic mass is 9.97. The van der Waals surface area contributed by atoms with Crippen molar-refractivity contribution in [3.63, 3.8) is 0 Å². The standard InChI is InChI=1S/C28H38N6O3/c1-5-23-20(3)31-28(33-16-14-29-19-33)32-27(23)34-15-8-7-9-22(34)18-26(35)30-13-12-21-10-11-24(36-4)25(17-21)37-6-2/h10-11,14,16-17,19,22H,5-9,12-13,15,18H2,1-4H3,(H,30,35). The van der Waals surface area contributed by atoms with E-state index in [9.17, 15) is 4.79 Å². The van der Waals surface area contributed by atoms with Gasteiger partial charge in [0.2, 0.25) is 11.9 Å². The zero-order valence-electron chi connectivity index (χ0n) is 22.4. The molecule has 1 N–H and O–H groups in total. The molecule has 0 bridgehead atoms. The average Bonchev–Trinajstić information content (AvgIpc) is 3.44. The molecule has 1 aliphatic heterocycles. The first kappa shape index (κ1) is 26.4. The summed E-state index contributed by atoms with van der Waals surface area (Å²) in [5.74, 6) is 3.07. The van der Waals surface area contributed by atoms with Gasteiger partial charge in [0.25, 0.3) is 0 Å². The van der Waals surface area contributed by atoms with Gasteiger partial charge in [0.1, 0.15) is 12.1 Å². The molecule has 2 aromatic heterocycles. The van der Waals surface area contributed by atoms with Crippen molar-refractivity contribution in [2.24, 2.45) is 0 Å². The Morgan fingerprint density at radius 3 is 2.78 bits per heavy atom. The van der Waals surface area contributed by atoms with Crippen LogP contribution in [0, 0.1) is 6.92 Å². The number of nitrogens with one attached hydrogen (secondary N) is 1. The maximum atomic E-state index is 13.0. The van der Waals surface area contributed by atoms with Crippen molar-refractivity contribution in [2.75, 3.05) is 31.7 Å². The van der Waals surface area contributed by atoms with Gasteiger partial charge in [0, 0.05) is 49.2 Å². The van der Waals surface area contributed by atoms with Crippen molar-refractivity contribution in [2.45, 2.75) is 65.3 Å². The predicted octanol–water partition coefficient (Wildman–Crippen LogP) is 4.05. The largest absolute Gasteiger partial charge is 0.493 e. The SMILES string of the molecule is CCOc1cc(CCNC(=O)CC2CCCCN2c2nc(-n3ccnc3)nc(C)c2CC)ccc1OC. The lowest BCUT2D eigenvalue weighted by molar-refractivity contribution is -0.121. The zero-order valence-corrected chi connectivity index (χ0v) is 22.4. The summed E-state index contributed by atoms with van der Waals surface area (Å²) < 4.78 is 12.9. The first-order valence-electron chi connectivity index (χ1n) is 13.2. The molecule has 9 heteroatoms. The van der Waals surface area contributed by atoms with Gasteiger partial charge in [-0.05, 0) is 63.6 Å². The van der Waals surface area contributed by atoms with Crippen molar-refractivity contribution in [3.8, 4) is 17.4 Å². The summed E-state index contributed by atoms with van der Waals surface area (Å²) in [5.41, 5.74) is 3.21. The van der Waals surface area contributed by atoms with Crippen molar-refractivity contribution >= 4 is 11.7 Å². The van der Waals surface area contributed by atoms with E-state index < -0.39 is 0 Å². The predicted molar refractivity (Wildman–Crippen MR) is 144 cm³/mol. The number of anilines is 1. The molecule has 0 radical (unpaired) electrons. The monoisotopic (exact) mass is 506 g/mol. The molecule has 1 unspecified atom stereocenters. The van der Waals surface area contributed by atoms with Crippen LogP contribution in [0.4, 0.5) is 5.82 Å². The van der Waals surface area contributed by atoms with Crippen LogP contribution >= 0.6 is 0 Å². The summed E-state index contributed by atoms with van der Waals surface area (Å²) in [7, 11) is 1.64. The molecule has 0 saturated carbocycles. The molecule has 1 amide bonds. The summed E-state index contributed by atoms with van der Waals surface area (Å²) in [6, 6.07) is 6.01. The van der Waals surface area contributed by atoms with Crippen LogP contribution in [0.15, 0.2) is 36.9 Å². The Bertz CT molecular complexity index is 1180. The van der Waals surface area contributed by atoms with Gasteiger partial charge >= 0.3 is 0 Å². The lowest BCUT2D eigenvalue weighted by Crippen LogP contribution is -2.44. The Morgan fingerprint density at radius 1 is 1.19 bits per heavy atom. The number of carbonyl (C=O) groups excluding carboxylic acids is 1. The van der Waals surface area contributed by atoms with E-state index in [4.69, 9.17) is 19.4 Å². The number of hydrogen-bond donors (Lipinski definition) is 1. The molecular weight excluding hydrogens is 468 g/mol. The summed E-state index contributed by atoms with van der Waals surface area (Å²) in [5, 5.41) is 3.12. The fourth-order valence-electron chi connectivity index (χ4n) is 4.98. The Balaban J connectivity index is 1.43. The average molecular weight is 507 g/mol. The zero-order chi connectivity index (χ0) is 26.2. The van der Waals surface area contributed by atoms with E-state index in [2.05, 4.69) is 22.1 Å². The van der Waals surface area contributed by atoms with Gasteiger partial charge in [0.05, 0.1) is 13.7 Å². The smallest absolute Gasteiger partial charge is 0.237 e. The van der Waals surface area contributed by atoms with Gasteiger partial charge in [-0.15, -0.1) is 0 Å². The molecule has 1 fully saturated rings. The molecule has 3 aromatic rings. The maximum absolute atomic E-state index is 13.0. The first-order valence-corrected chi connectivity index (χ1v) is 13.2. The highest BCUT2D eigenvalue weighted by molar-refractivity contribution is 5.77.